The van der Waals surface area contributed by atoms with Gasteiger partial charge in [0.2, 0.25) is 0 Å². The average Bonchev–Trinajstić information content (AvgIpc) is 2.34. The van der Waals surface area contributed by atoms with E-state index in [0.29, 0.717) is 15.9 Å². The zero-order chi connectivity index (χ0) is 12.6. The maximum atomic E-state index is 11.6. The van der Waals surface area contributed by atoms with Crippen molar-refractivity contribution in [3.05, 3.63) is 39.0 Å². The van der Waals surface area contributed by atoms with Gasteiger partial charge in [-0.1, -0.05) is 34.8 Å². The molecule has 0 unspecified atom stereocenters. The molecule has 2 rings (SSSR count). The molecule has 1 aromatic heterocycles. The molecule has 0 amide bonds. The Bertz CT molecular complexity index is 613. The van der Waals surface area contributed by atoms with Crippen LogP contribution in [0.3, 0.4) is 0 Å². The van der Waals surface area contributed by atoms with E-state index in [1.807, 2.05) is 0 Å². The first-order chi connectivity index (χ1) is 8.06. The quantitative estimate of drug-likeness (QED) is 0.589. The molecule has 2 aromatic rings. The van der Waals surface area contributed by atoms with Gasteiger partial charge in [-0.25, -0.2) is 4.79 Å². The minimum Gasteiger partial charge on any atom is -0.465 e. The first-order valence-electron chi connectivity index (χ1n) is 4.56. The number of hydrogen-bond donors (Lipinski definition) is 0. The summed E-state index contributed by atoms with van der Waals surface area (Å²) in [5.74, 6) is -0.516. The molecule has 0 saturated heterocycles. The predicted octanol–water partition coefficient (Wildman–Crippen LogP) is 3.98. The Balaban J connectivity index is 2.92. The topological polar surface area (TPSA) is 39.2 Å². The molecule has 0 radical (unpaired) electrons. The van der Waals surface area contributed by atoms with Crippen LogP contribution in [0.2, 0.25) is 15.1 Å². The Hall–Kier alpha value is -1.03. The number of halogens is 3. The lowest BCUT2D eigenvalue weighted by Crippen LogP contribution is -2.03. The van der Waals surface area contributed by atoms with Gasteiger partial charge >= 0.3 is 5.97 Å². The molecular formula is C11H6Cl3NO2. The Kier molecular flexibility index (Phi) is 3.43. The van der Waals surface area contributed by atoms with Crippen LogP contribution in [0.5, 0.6) is 0 Å². The Morgan fingerprint density at radius 3 is 2.65 bits per heavy atom. The number of benzene rings is 1. The van der Waals surface area contributed by atoms with Gasteiger partial charge in [0.25, 0.3) is 0 Å². The number of nitrogens with zero attached hydrogens (tertiary/aromatic N) is 1. The van der Waals surface area contributed by atoms with Gasteiger partial charge < -0.3 is 4.74 Å². The van der Waals surface area contributed by atoms with Crippen molar-refractivity contribution in [1.82, 2.24) is 4.98 Å². The Morgan fingerprint density at radius 2 is 2.00 bits per heavy atom. The molecule has 0 spiro atoms. The van der Waals surface area contributed by atoms with E-state index in [-0.39, 0.29) is 15.6 Å². The molecule has 1 heterocycles. The van der Waals surface area contributed by atoms with Gasteiger partial charge in [0, 0.05) is 11.6 Å². The Morgan fingerprint density at radius 1 is 1.29 bits per heavy atom. The molecule has 17 heavy (non-hydrogen) atoms. The predicted molar refractivity (Wildman–Crippen MR) is 68.1 cm³/mol. The summed E-state index contributed by atoms with van der Waals surface area (Å²) in [4.78, 5) is 15.7. The third-order valence-electron chi connectivity index (χ3n) is 2.27. The molecule has 6 heteroatoms. The van der Waals surface area contributed by atoms with Crippen LogP contribution < -0.4 is 0 Å². The number of carbonyl (C=O) groups excluding carboxylic acids is 1. The van der Waals surface area contributed by atoms with Crippen LogP contribution in [0, 0.1) is 0 Å². The zero-order valence-electron chi connectivity index (χ0n) is 8.63. The third-order valence-corrected chi connectivity index (χ3v) is 3.34. The van der Waals surface area contributed by atoms with Crippen molar-refractivity contribution in [2.24, 2.45) is 0 Å². The van der Waals surface area contributed by atoms with Crippen molar-refractivity contribution in [2.75, 3.05) is 7.11 Å². The fourth-order valence-corrected chi connectivity index (χ4v) is 2.27. The summed E-state index contributed by atoms with van der Waals surface area (Å²) in [6.07, 6.45) is 1.46. The molecule has 0 aliphatic heterocycles. The highest BCUT2D eigenvalue weighted by Crippen LogP contribution is 2.36. The highest BCUT2D eigenvalue weighted by molar-refractivity contribution is 6.48. The molecule has 0 aliphatic carbocycles. The number of ether oxygens (including phenoxy) is 1. The summed E-state index contributed by atoms with van der Waals surface area (Å²) in [6.45, 7) is 0. The fraction of sp³-hybridized carbons (Fsp3) is 0.0909. The van der Waals surface area contributed by atoms with E-state index in [1.165, 1.54) is 25.4 Å². The first-order valence-corrected chi connectivity index (χ1v) is 5.70. The summed E-state index contributed by atoms with van der Waals surface area (Å²) in [7, 11) is 1.29. The van der Waals surface area contributed by atoms with E-state index in [2.05, 4.69) is 9.72 Å². The highest BCUT2D eigenvalue weighted by Gasteiger charge is 2.17. The molecule has 0 atom stereocenters. The van der Waals surface area contributed by atoms with E-state index in [1.54, 1.807) is 0 Å². The van der Waals surface area contributed by atoms with Crippen LogP contribution >= 0.6 is 34.8 Å². The standard InChI is InChI=1S/C11H6Cl3NO2/c1-17-11(16)5-2-3-15-10-7(13)4-6(12)9(14)8(5)10/h2-4H,1H3. The first kappa shape index (κ1) is 12.4. The lowest BCUT2D eigenvalue weighted by Gasteiger charge is -2.08. The monoisotopic (exact) mass is 289 g/mol. The van der Waals surface area contributed by atoms with Gasteiger partial charge in [-0.2, -0.15) is 0 Å². The molecular weight excluding hydrogens is 284 g/mol. The summed E-state index contributed by atoms with van der Waals surface area (Å²) in [5.41, 5.74) is 0.705. The average molecular weight is 291 g/mol. The number of fused-ring (bicyclic) bond motifs is 1. The van der Waals surface area contributed by atoms with Gasteiger partial charge in [-0.15, -0.1) is 0 Å². The van der Waals surface area contributed by atoms with Crippen LogP contribution in [0.15, 0.2) is 18.3 Å². The second kappa shape index (κ2) is 4.69. The summed E-state index contributed by atoms with van der Waals surface area (Å²) < 4.78 is 4.67. The molecule has 0 saturated carbocycles. The second-order valence-electron chi connectivity index (χ2n) is 3.23. The van der Waals surface area contributed by atoms with Crippen molar-refractivity contribution in [3.8, 4) is 0 Å². The van der Waals surface area contributed by atoms with E-state index < -0.39 is 5.97 Å². The van der Waals surface area contributed by atoms with E-state index in [9.17, 15) is 4.79 Å². The lowest BCUT2D eigenvalue weighted by molar-refractivity contribution is 0.0603. The smallest absolute Gasteiger partial charge is 0.338 e. The lowest BCUT2D eigenvalue weighted by atomic mass is 10.1. The fourth-order valence-electron chi connectivity index (χ4n) is 1.51. The maximum Gasteiger partial charge on any atom is 0.338 e. The van der Waals surface area contributed by atoms with Crippen molar-refractivity contribution >= 4 is 51.7 Å². The summed E-state index contributed by atoms with van der Waals surface area (Å²) in [5, 5.41) is 1.24. The number of methoxy groups -OCH3 is 1. The minimum absolute atomic E-state index is 0.236. The number of hydrogen-bond acceptors (Lipinski definition) is 3. The highest BCUT2D eigenvalue weighted by atomic mass is 35.5. The second-order valence-corrected chi connectivity index (χ2v) is 4.42. The van der Waals surface area contributed by atoms with Gasteiger partial charge in [0.05, 0.1) is 33.3 Å². The number of pyridine rings is 1. The maximum absolute atomic E-state index is 11.6. The number of rotatable bonds is 1. The zero-order valence-corrected chi connectivity index (χ0v) is 10.9. The Labute approximate surface area is 112 Å². The van der Waals surface area contributed by atoms with Gasteiger partial charge in [-0.3, -0.25) is 4.98 Å². The van der Waals surface area contributed by atoms with Crippen LogP contribution in [0.4, 0.5) is 0 Å². The number of carbonyl (C=O) groups is 1. The summed E-state index contributed by atoms with van der Waals surface area (Å²) >= 11 is 18.0. The third kappa shape index (κ3) is 2.06. The molecule has 0 aliphatic rings. The number of esters is 1. The number of aromatic nitrogens is 1. The van der Waals surface area contributed by atoms with Gasteiger partial charge in [0.1, 0.15) is 0 Å². The van der Waals surface area contributed by atoms with Gasteiger partial charge in [0.15, 0.2) is 0 Å². The van der Waals surface area contributed by atoms with Gasteiger partial charge in [-0.05, 0) is 12.1 Å². The molecule has 88 valence electrons. The molecule has 3 nitrogen and oxygen atoms in total. The van der Waals surface area contributed by atoms with Crippen molar-refractivity contribution in [3.63, 3.8) is 0 Å². The molecule has 0 fully saturated rings. The van der Waals surface area contributed by atoms with Crippen molar-refractivity contribution < 1.29 is 9.53 Å². The van der Waals surface area contributed by atoms with E-state index in [4.69, 9.17) is 34.8 Å². The van der Waals surface area contributed by atoms with Crippen molar-refractivity contribution in [1.29, 1.82) is 0 Å². The van der Waals surface area contributed by atoms with Crippen LogP contribution in [0.25, 0.3) is 10.9 Å². The molecule has 0 N–H and O–H groups in total. The van der Waals surface area contributed by atoms with E-state index >= 15 is 0 Å². The molecule has 1 aromatic carbocycles. The van der Waals surface area contributed by atoms with Crippen LogP contribution in [0.1, 0.15) is 10.4 Å². The van der Waals surface area contributed by atoms with E-state index in [0.717, 1.165) is 0 Å². The van der Waals surface area contributed by atoms with Crippen LogP contribution in [-0.2, 0) is 4.74 Å². The molecule has 0 bridgehead atoms. The largest absolute Gasteiger partial charge is 0.465 e. The SMILES string of the molecule is COC(=O)c1ccnc2c(Cl)cc(Cl)c(Cl)c12. The van der Waals surface area contributed by atoms with Crippen LogP contribution in [-0.4, -0.2) is 18.1 Å². The minimum atomic E-state index is -0.516. The van der Waals surface area contributed by atoms with Crippen molar-refractivity contribution in [2.45, 2.75) is 0 Å². The summed E-state index contributed by atoms with van der Waals surface area (Å²) in [6, 6.07) is 2.99. The normalized spacial score (nSPS) is 10.6.